The third kappa shape index (κ3) is 5.44. The maximum atomic E-state index is 13.0. The number of ether oxygens (including phenoxy) is 1. The van der Waals surface area contributed by atoms with Crippen molar-refractivity contribution in [1.29, 1.82) is 0 Å². The second kappa shape index (κ2) is 10.4. The van der Waals surface area contributed by atoms with E-state index in [9.17, 15) is 9.59 Å². The van der Waals surface area contributed by atoms with E-state index in [4.69, 9.17) is 4.74 Å². The number of hydrogen-bond donors (Lipinski definition) is 2. The van der Waals surface area contributed by atoms with Crippen LogP contribution in [-0.4, -0.2) is 69.7 Å². The van der Waals surface area contributed by atoms with Gasteiger partial charge >= 0.3 is 0 Å². The van der Waals surface area contributed by atoms with Gasteiger partial charge in [-0.2, -0.15) is 5.10 Å². The van der Waals surface area contributed by atoms with Gasteiger partial charge in [0.15, 0.2) is 0 Å². The van der Waals surface area contributed by atoms with E-state index in [0.29, 0.717) is 38.5 Å². The van der Waals surface area contributed by atoms with Gasteiger partial charge in [-0.3, -0.25) is 14.5 Å². The molecule has 3 aromatic rings. The van der Waals surface area contributed by atoms with Crippen LogP contribution in [0.4, 0.5) is 5.82 Å². The Hall–Kier alpha value is -3.57. The number of nitrogens with one attached hydrogen (secondary N) is 2. The van der Waals surface area contributed by atoms with Gasteiger partial charge in [-0.1, -0.05) is 30.3 Å². The smallest absolute Gasteiger partial charge is 0.291 e. The first kappa shape index (κ1) is 22.6. The maximum absolute atomic E-state index is 13.0. The molecule has 0 radical (unpaired) electrons. The van der Waals surface area contributed by atoms with Crippen LogP contribution in [0.2, 0.25) is 0 Å². The lowest BCUT2D eigenvalue weighted by Gasteiger charge is -2.19. The molecule has 33 heavy (non-hydrogen) atoms. The van der Waals surface area contributed by atoms with E-state index in [0.717, 1.165) is 17.8 Å². The number of carbonyl (C=O) groups excluding carboxylic acids is 2. The van der Waals surface area contributed by atoms with Crippen molar-refractivity contribution >= 4 is 17.6 Å². The minimum absolute atomic E-state index is 0.0350. The van der Waals surface area contributed by atoms with Crippen LogP contribution in [0.15, 0.2) is 42.7 Å². The molecule has 0 aliphatic carbocycles. The van der Waals surface area contributed by atoms with Crippen LogP contribution in [0, 0.1) is 0 Å². The Morgan fingerprint density at radius 1 is 1.24 bits per heavy atom. The van der Waals surface area contributed by atoms with Gasteiger partial charge < -0.3 is 15.4 Å². The molecule has 0 spiro atoms. The fourth-order valence-electron chi connectivity index (χ4n) is 3.69. The molecule has 0 saturated heterocycles. The molecule has 2 amide bonds. The molecule has 11 heteroatoms. The topological polar surface area (TPSA) is 119 Å². The number of hydrogen-bond acceptors (Lipinski definition) is 7. The fourth-order valence-corrected chi connectivity index (χ4v) is 3.69. The van der Waals surface area contributed by atoms with Gasteiger partial charge in [0, 0.05) is 39.9 Å². The molecule has 1 unspecified atom stereocenters. The van der Waals surface area contributed by atoms with Crippen molar-refractivity contribution in [2.45, 2.75) is 32.1 Å². The molecule has 3 heterocycles. The van der Waals surface area contributed by atoms with E-state index in [-0.39, 0.29) is 11.7 Å². The molecule has 0 saturated carbocycles. The molecule has 1 atom stereocenters. The van der Waals surface area contributed by atoms with Crippen LogP contribution in [0.5, 0.6) is 0 Å². The van der Waals surface area contributed by atoms with Crippen molar-refractivity contribution in [3.63, 3.8) is 0 Å². The summed E-state index contributed by atoms with van der Waals surface area (Å²) in [5.41, 5.74) is 1.90. The summed E-state index contributed by atoms with van der Waals surface area (Å²) in [6.45, 7) is 2.94. The van der Waals surface area contributed by atoms with Gasteiger partial charge in [-0.15, -0.1) is 5.10 Å². The van der Waals surface area contributed by atoms with Gasteiger partial charge in [0.2, 0.25) is 5.82 Å². The van der Waals surface area contributed by atoms with Gasteiger partial charge in [-0.05, 0) is 12.0 Å². The fraction of sp³-hybridized carbons (Fsp3) is 0.409. The molecule has 1 aliphatic heterocycles. The zero-order valence-electron chi connectivity index (χ0n) is 18.8. The first-order valence-corrected chi connectivity index (χ1v) is 10.8. The van der Waals surface area contributed by atoms with Gasteiger partial charge in [0.05, 0.1) is 18.8 Å². The normalized spacial score (nSPS) is 15.9. The largest absolute Gasteiger partial charge is 0.383 e. The number of rotatable bonds is 9. The summed E-state index contributed by atoms with van der Waals surface area (Å²) in [6, 6.07) is 11.0. The molecular formula is C22H28N8O3. The number of amides is 2. The van der Waals surface area contributed by atoms with E-state index in [1.807, 2.05) is 36.4 Å². The number of anilines is 1. The molecule has 2 N–H and O–H groups in total. The lowest BCUT2D eigenvalue weighted by molar-refractivity contribution is -0.120. The Kier molecular flexibility index (Phi) is 7.10. The van der Waals surface area contributed by atoms with Crippen molar-refractivity contribution in [1.82, 2.24) is 35.2 Å². The average Bonchev–Trinajstić information content (AvgIpc) is 3.44. The standard InChI is InChI=1S/C22H28N8O3/c1-28-19-12-17(13-23-9-11-33-2)26-30(19)10-8-18(22(28)32)25-21(31)20-24-15-29(27-20)14-16-6-4-3-5-7-16/h3-7,12,15,18,23H,8-11,13-14H2,1-2H3,(H,25,31). The van der Waals surface area contributed by atoms with Gasteiger partial charge in [-0.25, -0.2) is 14.3 Å². The predicted molar refractivity (Wildman–Crippen MR) is 121 cm³/mol. The number of carbonyl (C=O) groups is 2. The summed E-state index contributed by atoms with van der Waals surface area (Å²) in [5, 5.41) is 14.9. The number of aryl methyl sites for hydroxylation is 1. The van der Waals surface area contributed by atoms with Crippen LogP contribution >= 0.6 is 0 Å². The van der Waals surface area contributed by atoms with Crippen molar-refractivity contribution in [3.05, 3.63) is 59.8 Å². The Labute approximate surface area is 191 Å². The highest BCUT2D eigenvalue weighted by Gasteiger charge is 2.31. The van der Waals surface area contributed by atoms with Crippen molar-refractivity contribution in [3.8, 4) is 0 Å². The summed E-state index contributed by atoms with van der Waals surface area (Å²) in [6.07, 6.45) is 1.94. The maximum Gasteiger partial charge on any atom is 0.291 e. The zero-order valence-corrected chi connectivity index (χ0v) is 18.8. The molecule has 174 valence electrons. The number of nitrogens with zero attached hydrogens (tertiary/aromatic N) is 6. The molecule has 0 bridgehead atoms. The second-order valence-electron chi connectivity index (χ2n) is 7.85. The predicted octanol–water partition coefficient (Wildman–Crippen LogP) is 0.424. The molecule has 0 fully saturated rings. The highest BCUT2D eigenvalue weighted by molar-refractivity contribution is 6.00. The van der Waals surface area contributed by atoms with Crippen LogP contribution in [-0.2, 0) is 29.2 Å². The number of fused-ring (bicyclic) bond motifs is 1. The lowest BCUT2D eigenvalue weighted by atomic mass is 10.2. The summed E-state index contributed by atoms with van der Waals surface area (Å²) in [5.74, 6) is 0.0547. The third-order valence-corrected chi connectivity index (χ3v) is 5.43. The molecule has 11 nitrogen and oxygen atoms in total. The minimum Gasteiger partial charge on any atom is -0.383 e. The van der Waals surface area contributed by atoms with E-state index >= 15 is 0 Å². The van der Waals surface area contributed by atoms with Crippen LogP contribution in [0.25, 0.3) is 0 Å². The Balaban J connectivity index is 1.36. The molecule has 4 rings (SSSR count). The quantitative estimate of drug-likeness (QED) is 0.452. The molecule has 1 aliphatic rings. The van der Waals surface area contributed by atoms with Crippen LogP contribution in [0.3, 0.4) is 0 Å². The number of benzene rings is 1. The number of likely N-dealkylation sites (N-methyl/N-ethyl adjacent to an activating group) is 1. The van der Waals surface area contributed by atoms with E-state index in [1.165, 1.54) is 11.2 Å². The van der Waals surface area contributed by atoms with Crippen LogP contribution in [0.1, 0.15) is 28.3 Å². The van der Waals surface area contributed by atoms with Crippen molar-refractivity contribution in [2.75, 3.05) is 32.2 Å². The molecule has 2 aromatic heterocycles. The average molecular weight is 453 g/mol. The lowest BCUT2D eigenvalue weighted by Crippen LogP contribution is -2.47. The Morgan fingerprint density at radius 3 is 2.85 bits per heavy atom. The summed E-state index contributed by atoms with van der Waals surface area (Å²) in [4.78, 5) is 31.4. The Morgan fingerprint density at radius 2 is 2.06 bits per heavy atom. The zero-order chi connectivity index (χ0) is 23.2. The first-order chi connectivity index (χ1) is 16.0. The van der Waals surface area contributed by atoms with Gasteiger partial charge in [0.1, 0.15) is 18.2 Å². The van der Waals surface area contributed by atoms with E-state index < -0.39 is 11.9 Å². The highest BCUT2D eigenvalue weighted by Crippen LogP contribution is 2.21. The van der Waals surface area contributed by atoms with E-state index in [2.05, 4.69) is 25.8 Å². The monoisotopic (exact) mass is 452 g/mol. The number of aromatic nitrogens is 5. The number of methoxy groups -OCH3 is 1. The van der Waals surface area contributed by atoms with Crippen molar-refractivity contribution < 1.29 is 14.3 Å². The summed E-state index contributed by atoms with van der Waals surface area (Å²) < 4.78 is 8.42. The molecule has 1 aromatic carbocycles. The summed E-state index contributed by atoms with van der Waals surface area (Å²) in [7, 11) is 3.35. The minimum atomic E-state index is -0.687. The van der Waals surface area contributed by atoms with E-state index in [1.54, 1.807) is 23.5 Å². The van der Waals surface area contributed by atoms with Crippen LogP contribution < -0.4 is 15.5 Å². The summed E-state index contributed by atoms with van der Waals surface area (Å²) >= 11 is 0. The third-order valence-electron chi connectivity index (χ3n) is 5.43. The first-order valence-electron chi connectivity index (χ1n) is 10.8. The van der Waals surface area contributed by atoms with Crippen molar-refractivity contribution in [2.24, 2.45) is 0 Å². The second-order valence-corrected chi connectivity index (χ2v) is 7.85. The Bertz CT molecular complexity index is 1090. The van der Waals surface area contributed by atoms with Gasteiger partial charge in [0.25, 0.3) is 11.8 Å². The highest BCUT2D eigenvalue weighted by atomic mass is 16.5. The SMILES string of the molecule is COCCNCc1cc2n(n1)CCC(NC(=O)c1ncn(Cc3ccccc3)n1)C(=O)N2C. The molecular weight excluding hydrogens is 424 g/mol.